The van der Waals surface area contributed by atoms with Crippen molar-refractivity contribution in [2.75, 3.05) is 13.1 Å². The van der Waals surface area contributed by atoms with Gasteiger partial charge in [0.2, 0.25) is 5.91 Å². The van der Waals surface area contributed by atoms with Crippen LogP contribution in [0.15, 0.2) is 73.4 Å². The first-order valence-electron chi connectivity index (χ1n) is 11.5. The van der Waals surface area contributed by atoms with Crippen LogP contribution in [0.5, 0.6) is 5.75 Å². The van der Waals surface area contributed by atoms with Crippen LogP contribution in [0.4, 0.5) is 0 Å². The number of aromatic nitrogens is 1. The molecule has 0 unspecified atom stereocenters. The van der Waals surface area contributed by atoms with Gasteiger partial charge in [0, 0.05) is 43.0 Å². The third-order valence-electron chi connectivity index (χ3n) is 5.65. The maximum atomic E-state index is 12.3. The number of nitrogens with zero attached hydrogens (tertiary/aromatic N) is 1. The highest BCUT2D eigenvalue weighted by Crippen LogP contribution is 2.22. The Hall–Kier alpha value is -3.48. The topological polar surface area (TPSA) is 94.5 Å². The van der Waals surface area contributed by atoms with Crippen LogP contribution >= 0.6 is 0 Å². The highest BCUT2D eigenvalue weighted by molar-refractivity contribution is 5.78. The summed E-state index contributed by atoms with van der Waals surface area (Å²) in [5.41, 5.74) is 5.38. The van der Waals surface area contributed by atoms with E-state index >= 15 is 0 Å². The zero-order chi connectivity index (χ0) is 24.3. The minimum atomic E-state index is -0.213. The molecule has 1 aromatic heterocycles. The molecule has 0 aliphatic carbocycles. The van der Waals surface area contributed by atoms with E-state index in [0.717, 1.165) is 34.4 Å². The SMILES string of the molecule is C=C(CN[C@H](C)Cc1cccc(CC(=O)NCCc2ccccn2)c1)c1ccc(O)c(CO)c1. The van der Waals surface area contributed by atoms with E-state index in [1.165, 1.54) is 0 Å². The van der Waals surface area contributed by atoms with Gasteiger partial charge in [-0.15, -0.1) is 0 Å². The summed E-state index contributed by atoms with van der Waals surface area (Å²) >= 11 is 0. The Morgan fingerprint density at radius 2 is 1.91 bits per heavy atom. The standard InChI is InChI=1S/C28H33N3O3/c1-20(24-9-10-27(33)25(17-24)19-32)18-31-21(2)14-22-6-5-7-23(15-22)16-28(34)30-13-11-26-8-3-4-12-29-26/h3-10,12,15,17,21,31-33H,1,11,13-14,16,18-19H2,2H3,(H,30,34)/t21-/m1/s1. The summed E-state index contributed by atoms with van der Waals surface area (Å²) in [4.78, 5) is 16.6. The lowest BCUT2D eigenvalue weighted by Crippen LogP contribution is -2.29. The van der Waals surface area contributed by atoms with Crippen LogP contribution in [0.2, 0.25) is 0 Å². The van der Waals surface area contributed by atoms with Crippen molar-refractivity contribution in [2.24, 2.45) is 0 Å². The van der Waals surface area contributed by atoms with E-state index in [2.05, 4.69) is 41.3 Å². The summed E-state index contributed by atoms with van der Waals surface area (Å²) in [7, 11) is 0. The van der Waals surface area contributed by atoms with Gasteiger partial charge in [0.1, 0.15) is 5.75 Å². The number of rotatable bonds is 12. The Labute approximate surface area is 201 Å². The number of carbonyl (C=O) groups excluding carboxylic acids is 1. The highest BCUT2D eigenvalue weighted by Gasteiger charge is 2.09. The first-order valence-corrected chi connectivity index (χ1v) is 11.5. The fourth-order valence-corrected chi connectivity index (χ4v) is 3.75. The van der Waals surface area contributed by atoms with Gasteiger partial charge in [-0.2, -0.15) is 0 Å². The number of aromatic hydroxyl groups is 1. The largest absolute Gasteiger partial charge is 0.508 e. The Morgan fingerprint density at radius 1 is 1.09 bits per heavy atom. The third-order valence-corrected chi connectivity index (χ3v) is 5.65. The molecule has 0 spiro atoms. The number of benzene rings is 2. The molecule has 0 aliphatic heterocycles. The van der Waals surface area contributed by atoms with Gasteiger partial charge in [0.25, 0.3) is 0 Å². The van der Waals surface area contributed by atoms with Crippen molar-refractivity contribution in [1.29, 1.82) is 0 Å². The van der Waals surface area contributed by atoms with E-state index in [1.54, 1.807) is 24.4 Å². The smallest absolute Gasteiger partial charge is 0.224 e. The lowest BCUT2D eigenvalue weighted by molar-refractivity contribution is -0.120. The van der Waals surface area contributed by atoms with Crippen LogP contribution in [0.3, 0.4) is 0 Å². The molecule has 34 heavy (non-hydrogen) atoms. The molecular weight excluding hydrogens is 426 g/mol. The van der Waals surface area contributed by atoms with Crippen molar-refractivity contribution in [3.63, 3.8) is 0 Å². The van der Waals surface area contributed by atoms with E-state index in [4.69, 9.17) is 0 Å². The number of aliphatic hydroxyl groups is 1. The molecule has 0 radical (unpaired) electrons. The van der Waals surface area contributed by atoms with Gasteiger partial charge in [0.15, 0.2) is 0 Å². The zero-order valence-electron chi connectivity index (χ0n) is 19.6. The Morgan fingerprint density at radius 3 is 2.68 bits per heavy atom. The van der Waals surface area contributed by atoms with Gasteiger partial charge in [-0.3, -0.25) is 9.78 Å². The van der Waals surface area contributed by atoms with Crippen LogP contribution in [-0.4, -0.2) is 40.2 Å². The maximum Gasteiger partial charge on any atom is 0.224 e. The minimum absolute atomic E-state index is 0.00620. The monoisotopic (exact) mass is 459 g/mol. The van der Waals surface area contributed by atoms with Crippen LogP contribution in [-0.2, 0) is 30.7 Å². The van der Waals surface area contributed by atoms with Crippen molar-refractivity contribution in [2.45, 2.75) is 38.8 Å². The lowest BCUT2D eigenvalue weighted by Gasteiger charge is -2.16. The summed E-state index contributed by atoms with van der Waals surface area (Å²) in [6, 6.07) is 19.2. The maximum absolute atomic E-state index is 12.3. The molecule has 178 valence electrons. The number of phenols is 1. The van der Waals surface area contributed by atoms with Crippen molar-refractivity contribution in [3.8, 4) is 5.75 Å². The van der Waals surface area contributed by atoms with Gasteiger partial charge in [-0.05, 0) is 59.9 Å². The lowest BCUT2D eigenvalue weighted by atomic mass is 10.0. The van der Waals surface area contributed by atoms with Crippen LogP contribution in [0, 0.1) is 0 Å². The van der Waals surface area contributed by atoms with Crippen molar-refractivity contribution in [3.05, 3.63) is 101 Å². The Kier molecular flexibility index (Phi) is 9.38. The van der Waals surface area contributed by atoms with E-state index < -0.39 is 0 Å². The molecule has 0 bridgehead atoms. The van der Waals surface area contributed by atoms with Crippen molar-refractivity contribution < 1.29 is 15.0 Å². The highest BCUT2D eigenvalue weighted by atomic mass is 16.3. The van der Waals surface area contributed by atoms with Crippen LogP contribution in [0.25, 0.3) is 5.57 Å². The first kappa shape index (κ1) is 25.1. The van der Waals surface area contributed by atoms with Gasteiger partial charge in [-0.25, -0.2) is 0 Å². The number of hydrogen-bond donors (Lipinski definition) is 4. The average molecular weight is 460 g/mol. The molecule has 0 aliphatic rings. The molecule has 3 rings (SSSR count). The second-order valence-electron chi connectivity index (χ2n) is 8.51. The van der Waals surface area contributed by atoms with Crippen LogP contribution in [0.1, 0.15) is 34.9 Å². The average Bonchev–Trinajstić information content (AvgIpc) is 2.83. The Balaban J connectivity index is 1.44. The first-order chi connectivity index (χ1) is 16.4. The summed E-state index contributed by atoms with van der Waals surface area (Å²) < 4.78 is 0. The predicted molar refractivity (Wildman–Crippen MR) is 135 cm³/mol. The van der Waals surface area contributed by atoms with Gasteiger partial charge in [0.05, 0.1) is 13.0 Å². The molecular formula is C28H33N3O3. The van der Waals surface area contributed by atoms with Gasteiger partial charge in [-0.1, -0.05) is 43.0 Å². The summed E-state index contributed by atoms with van der Waals surface area (Å²) in [5, 5.41) is 25.5. The molecule has 1 heterocycles. The second kappa shape index (κ2) is 12.7. The van der Waals surface area contributed by atoms with E-state index in [-0.39, 0.29) is 24.3 Å². The Bertz CT molecular complexity index is 1100. The molecule has 1 amide bonds. The number of amides is 1. The van der Waals surface area contributed by atoms with Crippen molar-refractivity contribution in [1.82, 2.24) is 15.6 Å². The van der Waals surface area contributed by atoms with E-state index in [1.807, 2.05) is 30.3 Å². The number of carbonyl (C=O) groups is 1. The van der Waals surface area contributed by atoms with Gasteiger partial charge < -0.3 is 20.8 Å². The molecule has 0 saturated carbocycles. The molecule has 0 fully saturated rings. The number of aliphatic hydroxyl groups excluding tert-OH is 1. The third kappa shape index (κ3) is 7.83. The molecule has 6 heteroatoms. The normalized spacial score (nSPS) is 11.7. The molecule has 1 atom stereocenters. The molecule has 2 aromatic carbocycles. The van der Waals surface area contributed by atoms with E-state index in [0.29, 0.717) is 31.5 Å². The van der Waals surface area contributed by atoms with Crippen molar-refractivity contribution >= 4 is 11.5 Å². The zero-order valence-corrected chi connectivity index (χ0v) is 19.6. The molecule has 3 aromatic rings. The quantitative estimate of drug-likeness (QED) is 0.333. The van der Waals surface area contributed by atoms with Crippen LogP contribution < -0.4 is 10.6 Å². The predicted octanol–water partition coefficient (Wildman–Crippen LogP) is 3.41. The number of pyridine rings is 1. The number of hydrogen-bond acceptors (Lipinski definition) is 5. The fraction of sp³-hybridized carbons (Fsp3) is 0.286. The fourth-order valence-electron chi connectivity index (χ4n) is 3.75. The molecule has 6 nitrogen and oxygen atoms in total. The van der Waals surface area contributed by atoms with E-state index in [9.17, 15) is 15.0 Å². The summed E-state index contributed by atoms with van der Waals surface area (Å²) in [5.74, 6) is 0.0915. The minimum Gasteiger partial charge on any atom is -0.508 e. The number of nitrogens with one attached hydrogen (secondary N) is 2. The van der Waals surface area contributed by atoms with Gasteiger partial charge >= 0.3 is 0 Å². The summed E-state index contributed by atoms with van der Waals surface area (Å²) in [6.45, 7) is 7.19. The summed E-state index contributed by atoms with van der Waals surface area (Å²) in [6.07, 6.45) is 3.64. The molecule has 0 saturated heterocycles. The second-order valence-corrected chi connectivity index (χ2v) is 8.51. The molecule has 4 N–H and O–H groups in total.